The van der Waals surface area contributed by atoms with Crippen LogP contribution in [0, 0.1) is 0 Å². The van der Waals surface area contributed by atoms with Gasteiger partial charge in [-0.2, -0.15) is 0 Å². The van der Waals surface area contributed by atoms with Gasteiger partial charge < -0.3 is 20.4 Å². The first kappa shape index (κ1) is 22.9. The quantitative estimate of drug-likeness (QED) is 0.679. The normalized spacial score (nSPS) is 18.9. The Morgan fingerprint density at radius 2 is 1.97 bits per heavy atom. The Morgan fingerprint density at radius 1 is 1.21 bits per heavy atom. The third-order valence-corrected chi connectivity index (χ3v) is 7.92. The fraction of sp³-hybridized carbons (Fsp3) is 0.577. The van der Waals surface area contributed by atoms with Gasteiger partial charge in [0, 0.05) is 48.4 Å². The molecular formula is C26H36N6O2. The predicted molar refractivity (Wildman–Crippen MR) is 135 cm³/mol. The number of nitrogens with one attached hydrogen (secondary N) is 1. The molecule has 182 valence electrons. The Kier molecular flexibility index (Phi) is 6.10. The second-order valence-electron chi connectivity index (χ2n) is 10.5. The van der Waals surface area contributed by atoms with Crippen LogP contribution in [-0.2, 0) is 18.3 Å². The zero-order chi connectivity index (χ0) is 23.9. The highest BCUT2D eigenvalue weighted by atomic mass is 16.1. The molecule has 0 bridgehead atoms. The average Bonchev–Trinajstić information content (AvgIpc) is 3.11. The molecule has 1 amide bonds. The van der Waals surface area contributed by atoms with E-state index in [1.165, 1.54) is 5.56 Å². The van der Waals surface area contributed by atoms with Crippen LogP contribution < -0.4 is 21.1 Å². The lowest BCUT2D eigenvalue weighted by molar-refractivity contribution is 0.100. The Hall–Kier alpha value is -2.87. The zero-order valence-electron chi connectivity index (χ0n) is 20.4. The number of amides is 1. The highest BCUT2D eigenvalue weighted by Crippen LogP contribution is 2.47. The molecule has 0 unspecified atom stereocenters. The number of carbonyl (C=O) groups excluding carboxylic acids is 1. The summed E-state index contributed by atoms with van der Waals surface area (Å²) in [5.41, 5.74) is 10.6. The van der Waals surface area contributed by atoms with Crippen LogP contribution >= 0.6 is 0 Å². The monoisotopic (exact) mass is 464 g/mol. The van der Waals surface area contributed by atoms with Crippen LogP contribution in [0.15, 0.2) is 23.0 Å². The number of hydrogen-bond acceptors (Lipinski definition) is 6. The summed E-state index contributed by atoms with van der Waals surface area (Å²) in [7, 11) is 4.19. The number of benzene rings is 1. The van der Waals surface area contributed by atoms with E-state index in [9.17, 15) is 9.59 Å². The molecule has 2 aliphatic heterocycles. The number of nitrogens with zero attached hydrogens (tertiary/aromatic N) is 4. The Labute approximate surface area is 201 Å². The fourth-order valence-corrected chi connectivity index (χ4v) is 6.02. The summed E-state index contributed by atoms with van der Waals surface area (Å²) in [6.07, 6.45) is 6.97. The van der Waals surface area contributed by atoms with Crippen LogP contribution in [0.25, 0.3) is 0 Å². The molecule has 0 atom stereocenters. The smallest absolute Gasteiger partial charge is 0.255 e. The Bertz CT molecular complexity index is 1130. The van der Waals surface area contributed by atoms with Gasteiger partial charge in [0.2, 0.25) is 11.9 Å². The van der Waals surface area contributed by atoms with Crippen LogP contribution in [0.2, 0.25) is 0 Å². The van der Waals surface area contributed by atoms with E-state index < -0.39 is 0 Å². The molecule has 1 aliphatic carbocycles. The number of primary amides is 1. The van der Waals surface area contributed by atoms with Crippen molar-refractivity contribution in [2.45, 2.75) is 50.4 Å². The molecule has 5 rings (SSSR count). The van der Waals surface area contributed by atoms with Gasteiger partial charge in [-0.3, -0.25) is 14.6 Å². The molecule has 0 saturated carbocycles. The lowest BCUT2D eigenvalue weighted by atomic mass is 9.74. The second-order valence-corrected chi connectivity index (χ2v) is 10.5. The second kappa shape index (κ2) is 9.06. The number of aryl methyl sites for hydroxylation is 1. The van der Waals surface area contributed by atoms with Gasteiger partial charge in [-0.05, 0) is 83.3 Å². The van der Waals surface area contributed by atoms with E-state index in [1.54, 1.807) is 0 Å². The lowest BCUT2D eigenvalue weighted by Crippen LogP contribution is -2.46. The molecule has 0 radical (unpaired) electrons. The third kappa shape index (κ3) is 4.19. The van der Waals surface area contributed by atoms with Crippen molar-refractivity contribution in [1.29, 1.82) is 0 Å². The first-order valence-corrected chi connectivity index (χ1v) is 12.6. The van der Waals surface area contributed by atoms with Crippen LogP contribution in [0.5, 0.6) is 0 Å². The number of aromatic amines is 1. The summed E-state index contributed by atoms with van der Waals surface area (Å²) >= 11 is 0. The maximum atomic E-state index is 12.6. The van der Waals surface area contributed by atoms with Crippen molar-refractivity contribution < 1.29 is 4.79 Å². The van der Waals surface area contributed by atoms with E-state index in [4.69, 9.17) is 10.7 Å². The summed E-state index contributed by atoms with van der Waals surface area (Å²) in [5.74, 6) is 0.347. The van der Waals surface area contributed by atoms with Crippen molar-refractivity contribution in [2.24, 2.45) is 5.73 Å². The van der Waals surface area contributed by atoms with E-state index in [0.717, 1.165) is 101 Å². The van der Waals surface area contributed by atoms with E-state index >= 15 is 0 Å². The topological polar surface area (TPSA) is 98.6 Å². The summed E-state index contributed by atoms with van der Waals surface area (Å²) in [4.78, 5) is 39.3. The van der Waals surface area contributed by atoms with Gasteiger partial charge in [-0.25, -0.2) is 4.98 Å². The van der Waals surface area contributed by atoms with Crippen molar-refractivity contribution in [1.82, 2.24) is 14.9 Å². The molecule has 3 aliphatic rings. The molecule has 1 aromatic carbocycles. The molecule has 8 nitrogen and oxygen atoms in total. The van der Waals surface area contributed by atoms with Crippen LogP contribution in [0.4, 0.5) is 11.6 Å². The standard InChI is InChI=1S/C26H36N6O2/c1-30(2)12-5-13-32-17-26(20-9-8-18(23(27)33)16-22(20)32)10-14-31(15-11-26)25-28-21-7-4-3-6-19(21)24(34)29-25/h8-9,16H,3-7,10-15,17H2,1-2H3,(H2,27,33)(H,28,29,34). The lowest BCUT2D eigenvalue weighted by Gasteiger charge is -2.40. The number of hydrogen-bond donors (Lipinski definition) is 2. The molecule has 1 fully saturated rings. The number of rotatable bonds is 6. The van der Waals surface area contributed by atoms with Gasteiger partial charge in [-0.15, -0.1) is 0 Å². The van der Waals surface area contributed by atoms with Gasteiger partial charge in [0.25, 0.3) is 5.56 Å². The molecule has 1 aromatic heterocycles. The number of anilines is 2. The number of fused-ring (bicyclic) bond motifs is 3. The van der Waals surface area contributed by atoms with Gasteiger partial charge in [-0.1, -0.05) is 6.07 Å². The third-order valence-electron chi connectivity index (χ3n) is 7.92. The predicted octanol–water partition coefficient (Wildman–Crippen LogP) is 2.06. The van der Waals surface area contributed by atoms with Gasteiger partial charge in [0.15, 0.2) is 0 Å². The van der Waals surface area contributed by atoms with E-state index in [1.807, 2.05) is 12.1 Å². The van der Waals surface area contributed by atoms with E-state index in [-0.39, 0.29) is 16.9 Å². The first-order chi connectivity index (χ1) is 16.4. The molecule has 3 N–H and O–H groups in total. The van der Waals surface area contributed by atoms with Crippen molar-refractivity contribution in [2.75, 3.05) is 56.6 Å². The molecule has 1 saturated heterocycles. The molecular weight excluding hydrogens is 428 g/mol. The van der Waals surface area contributed by atoms with E-state index in [0.29, 0.717) is 5.56 Å². The first-order valence-electron chi connectivity index (χ1n) is 12.6. The SMILES string of the molecule is CN(C)CCCN1CC2(CCN(c3nc4c(c(=O)[nH]3)CCCC4)CC2)c2ccc(C(N)=O)cc21. The number of aromatic nitrogens is 2. The minimum absolute atomic E-state index is 0.0391. The summed E-state index contributed by atoms with van der Waals surface area (Å²) < 4.78 is 0. The molecule has 8 heteroatoms. The van der Waals surface area contributed by atoms with Crippen molar-refractivity contribution >= 4 is 17.5 Å². The number of H-pyrrole nitrogens is 1. The summed E-state index contributed by atoms with van der Waals surface area (Å²) in [6.45, 7) is 4.65. The van der Waals surface area contributed by atoms with Crippen molar-refractivity contribution in [3.05, 3.63) is 50.9 Å². The minimum Gasteiger partial charge on any atom is -0.370 e. The number of nitrogens with two attached hydrogens (primary N) is 1. The molecule has 2 aromatic rings. The van der Waals surface area contributed by atoms with Crippen LogP contribution in [0.3, 0.4) is 0 Å². The van der Waals surface area contributed by atoms with Crippen LogP contribution in [0.1, 0.15) is 59.3 Å². The van der Waals surface area contributed by atoms with Crippen LogP contribution in [-0.4, -0.2) is 67.6 Å². The molecule has 34 heavy (non-hydrogen) atoms. The van der Waals surface area contributed by atoms with Crippen molar-refractivity contribution in [3.8, 4) is 0 Å². The highest BCUT2D eigenvalue weighted by molar-refractivity contribution is 5.94. The maximum Gasteiger partial charge on any atom is 0.255 e. The average molecular weight is 465 g/mol. The van der Waals surface area contributed by atoms with E-state index in [2.05, 4.69) is 39.8 Å². The largest absolute Gasteiger partial charge is 0.370 e. The Balaban J connectivity index is 1.37. The summed E-state index contributed by atoms with van der Waals surface area (Å²) in [6, 6.07) is 5.98. The van der Waals surface area contributed by atoms with Gasteiger partial charge in [0.05, 0.1) is 5.69 Å². The number of carbonyl (C=O) groups is 1. The molecule has 3 heterocycles. The fourth-order valence-electron chi connectivity index (χ4n) is 6.02. The van der Waals surface area contributed by atoms with Crippen molar-refractivity contribution in [3.63, 3.8) is 0 Å². The Morgan fingerprint density at radius 3 is 2.71 bits per heavy atom. The highest BCUT2D eigenvalue weighted by Gasteiger charge is 2.45. The van der Waals surface area contributed by atoms with Gasteiger partial charge in [0.1, 0.15) is 0 Å². The van der Waals surface area contributed by atoms with Gasteiger partial charge >= 0.3 is 0 Å². The molecule has 1 spiro atoms. The zero-order valence-corrected chi connectivity index (χ0v) is 20.4. The summed E-state index contributed by atoms with van der Waals surface area (Å²) in [5, 5.41) is 0. The number of piperidine rings is 1. The maximum absolute atomic E-state index is 12.6. The minimum atomic E-state index is -0.380.